The summed E-state index contributed by atoms with van der Waals surface area (Å²) in [7, 11) is 0. The maximum atomic E-state index is 3.07. The van der Waals surface area contributed by atoms with Crippen molar-refractivity contribution in [3.05, 3.63) is 16.7 Å². The molecular weight excluding hydrogens is 532 g/mol. The molecule has 1 aromatic carbocycles. The zero-order valence-electron chi connectivity index (χ0n) is 30.4. The molecule has 7 aliphatic rings. The summed E-state index contributed by atoms with van der Waals surface area (Å²) in [5.41, 5.74) is 10.5. The van der Waals surface area contributed by atoms with E-state index in [9.17, 15) is 0 Å². The zero-order valence-corrected chi connectivity index (χ0v) is 30.4. The summed E-state index contributed by atoms with van der Waals surface area (Å²) in [6.07, 6.45) is 5.53. The topological polar surface area (TPSA) is 9.72 Å². The molecule has 3 nitrogen and oxygen atoms in total. The Morgan fingerprint density at radius 2 is 1.20 bits per heavy atom. The highest BCUT2D eigenvalue weighted by Crippen LogP contribution is 2.66. The maximum Gasteiger partial charge on any atom is 0.154 e. The largest absolute Gasteiger partial charge is 0.368 e. The van der Waals surface area contributed by atoms with Gasteiger partial charge in [0.15, 0.2) is 13.4 Å². The minimum absolute atomic E-state index is 0.537. The molecule has 0 saturated carbocycles. The molecule has 0 N–H and O–H groups in total. The van der Waals surface area contributed by atoms with E-state index < -0.39 is 0 Å². The summed E-state index contributed by atoms with van der Waals surface area (Å²) >= 11 is 0. The highest BCUT2D eigenvalue weighted by Gasteiger charge is 2.58. The molecule has 44 heavy (non-hydrogen) atoms. The molecule has 0 spiro atoms. The number of fused-ring (bicyclic) bond motifs is 12. The Bertz CT molecular complexity index is 1330. The summed E-state index contributed by atoms with van der Waals surface area (Å²) in [5.74, 6) is 8.82. The van der Waals surface area contributed by atoms with Crippen LogP contribution in [0.15, 0.2) is 0 Å². The van der Waals surface area contributed by atoms with Gasteiger partial charge < -0.3 is 14.7 Å². The van der Waals surface area contributed by atoms with Gasteiger partial charge in [0.05, 0.1) is 0 Å². The lowest BCUT2D eigenvalue weighted by Crippen LogP contribution is -2.56. The Hall–Kier alpha value is -1.25. The van der Waals surface area contributed by atoms with Gasteiger partial charge in [-0.15, -0.1) is 0 Å². The second-order valence-corrected chi connectivity index (χ2v) is 18.6. The van der Waals surface area contributed by atoms with Crippen molar-refractivity contribution in [2.45, 2.75) is 174 Å². The van der Waals surface area contributed by atoms with E-state index in [1.807, 2.05) is 0 Å². The van der Waals surface area contributed by atoms with Crippen molar-refractivity contribution in [1.82, 2.24) is 0 Å². The van der Waals surface area contributed by atoms with Crippen LogP contribution in [0.25, 0.3) is 0 Å². The summed E-state index contributed by atoms with van der Waals surface area (Å²) in [4.78, 5) is 9.02. The molecule has 7 aliphatic heterocycles. The number of rotatable bonds is 1. The second kappa shape index (κ2) is 10.1. The molecule has 240 valence electrons. The molecule has 0 bridgehead atoms. The molecule has 0 aliphatic carbocycles. The Morgan fingerprint density at radius 3 is 1.89 bits per heavy atom. The molecule has 14 atom stereocenters. The predicted octanol–water partition coefficient (Wildman–Crippen LogP) is 9.71. The lowest BCUT2D eigenvalue weighted by atomic mass is 9.21. The van der Waals surface area contributed by atoms with E-state index in [1.165, 1.54) is 38.7 Å². The van der Waals surface area contributed by atoms with Crippen LogP contribution in [0.1, 0.15) is 124 Å². The molecule has 0 radical (unpaired) electrons. The van der Waals surface area contributed by atoms with Crippen LogP contribution < -0.4 is 14.7 Å². The summed E-state index contributed by atoms with van der Waals surface area (Å²) in [5, 5.41) is 0. The van der Waals surface area contributed by atoms with Crippen molar-refractivity contribution in [3.63, 3.8) is 0 Å². The molecule has 0 aromatic heterocycles. The first-order chi connectivity index (χ1) is 20.8. The second-order valence-electron chi connectivity index (χ2n) is 18.6. The molecule has 5 heteroatoms. The maximum absolute atomic E-state index is 3.07. The van der Waals surface area contributed by atoms with Crippen LogP contribution in [0.2, 0.25) is 35.4 Å². The third kappa shape index (κ3) is 3.77. The van der Waals surface area contributed by atoms with E-state index in [4.69, 9.17) is 0 Å². The fraction of sp³-hybridized carbons (Fsp3) is 0.846. The Kier molecular flexibility index (Phi) is 6.93. The first kappa shape index (κ1) is 30.1. The quantitative estimate of drug-likeness (QED) is 0.299. The van der Waals surface area contributed by atoms with Crippen LogP contribution in [0.4, 0.5) is 17.1 Å². The van der Waals surface area contributed by atoms with Crippen LogP contribution in [-0.2, 0) is 6.42 Å². The van der Waals surface area contributed by atoms with Crippen LogP contribution in [0.3, 0.4) is 0 Å². The Morgan fingerprint density at radius 1 is 0.614 bits per heavy atom. The molecule has 0 unspecified atom stereocenters. The van der Waals surface area contributed by atoms with Gasteiger partial charge in [0.1, 0.15) is 0 Å². The third-order valence-corrected chi connectivity index (χ3v) is 16.5. The standard InChI is InChI=1S/C39H63B2N3/c1-19(2)44-29(12)24(7)35-38(44)30-15-33-28(11)41-27(10)21(4)14-23(6)32(41)18-42(33)37(30)36-25(8)34-16-40-26(9)20(3)13-22(5)31(40)17-43(34)39(35)36/h19-29,31-34H,13-18H2,1-12H3/t20-,21-,22+,23+,24-,25-,26-,27-,28+,29+,31+,32+,33-,34+/m0/s1. The Balaban J connectivity index is 1.31. The fourth-order valence-corrected chi connectivity index (χ4v) is 13.8. The predicted molar refractivity (Wildman–Crippen MR) is 194 cm³/mol. The van der Waals surface area contributed by atoms with Gasteiger partial charge in [-0.25, -0.2) is 0 Å². The van der Waals surface area contributed by atoms with E-state index in [2.05, 4.69) is 97.8 Å². The number of hydrogen-bond donors (Lipinski definition) is 0. The minimum atomic E-state index is 0.537. The molecule has 0 amide bonds. The van der Waals surface area contributed by atoms with Gasteiger partial charge >= 0.3 is 0 Å². The number of anilines is 3. The van der Waals surface area contributed by atoms with Crippen LogP contribution in [0, 0.1) is 23.7 Å². The minimum Gasteiger partial charge on any atom is -0.368 e. The lowest BCUT2D eigenvalue weighted by Gasteiger charge is -2.54. The normalized spacial score (nSPS) is 45.6. The highest BCUT2D eigenvalue weighted by atomic mass is 15.3. The van der Waals surface area contributed by atoms with Crippen molar-refractivity contribution >= 4 is 30.5 Å². The lowest BCUT2D eigenvalue weighted by molar-refractivity contribution is 0.322. The van der Waals surface area contributed by atoms with Crippen LogP contribution in [-0.4, -0.2) is 50.7 Å². The van der Waals surface area contributed by atoms with E-state index in [0.29, 0.717) is 36.0 Å². The number of benzene rings is 1. The van der Waals surface area contributed by atoms with Crippen molar-refractivity contribution in [1.29, 1.82) is 0 Å². The molecule has 4 fully saturated rings. The average Bonchev–Trinajstić information content (AvgIpc) is 3.58. The molecule has 8 rings (SSSR count). The Labute approximate surface area is 271 Å². The summed E-state index contributed by atoms with van der Waals surface area (Å²) in [6, 6.07) is 2.46. The van der Waals surface area contributed by atoms with Crippen molar-refractivity contribution in [2.24, 2.45) is 23.7 Å². The van der Waals surface area contributed by atoms with Gasteiger partial charge in [0.2, 0.25) is 0 Å². The summed E-state index contributed by atoms with van der Waals surface area (Å²) < 4.78 is 0. The monoisotopic (exact) mass is 596 g/mol. The number of nitrogens with zero attached hydrogens (tertiary/aromatic N) is 3. The van der Waals surface area contributed by atoms with Gasteiger partial charge in [0, 0.05) is 82.8 Å². The van der Waals surface area contributed by atoms with Gasteiger partial charge in [-0.1, -0.05) is 80.3 Å². The van der Waals surface area contributed by atoms with Crippen molar-refractivity contribution in [2.75, 3.05) is 27.8 Å². The van der Waals surface area contributed by atoms with Gasteiger partial charge in [-0.3, -0.25) is 0 Å². The van der Waals surface area contributed by atoms with Gasteiger partial charge in [-0.2, -0.15) is 0 Å². The summed E-state index contributed by atoms with van der Waals surface area (Å²) in [6.45, 7) is 35.3. The third-order valence-electron chi connectivity index (χ3n) is 16.5. The smallest absolute Gasteiger partial charge is 0.154 e. The SMILES string of the molecule is CC(C)N1c2c3c(c4c(c2[C@@H](C)[C@H]1C)N1C[C@H]2B(C[C@@H]1[C@@H]4C)[C@@H](C)[C@@H](C)C[C@H]2C)N1C[C@H]2B([C@@H](C)[C@@H](C)C[C@H]2C)[C@H](C)[C@@H]1C3. The van der Waals surface area contributed by atoms with Crippen LogP contribution in [0.5, 0.6) is 0 Å². The highest BCUT2D eigenvalue weighted by molar-refractivity contribution is 6.65. The van der Waals surface area contributed by atoms with Gasteiger partial charge in [-0.05, 0) is 81.2 Å². The van der Waals surface area contributed by atoms with E-state index in [1.54, 1.807) is 33.8 Å². The first-order valence-electron chi connectivity index (χ1n) is 19.4. The van der Waals surface area contributed by atoms with E-state index in [-0.39, 0.29) is 0 Å². The molecule has 1 aromatic rings. The first-order valence-corrected chi connectivity index (χ1v) is 19.4. The van der Waals surface area contributed by atoms with E-state index in [0.717, 1.165) is 66.2 Å². The molecular formula is C39H63B2N3. The fourth-order valence-electron chi connectivity index (χ4n) is 13.8. The van der Waals surface area contributed by atoms with Crippen LogP contribution >= 0.6 is 0 Å². The number of hydrogen-bond acceptors (Lipinski definition) is 3. The van der Waals surface area contributed by atoms with Crippen molar-refractivity contribution < 1.29 is 0 Å². The average molecular weight is 596 g/mol. The van der Waals surface area contributed by atoms with Gasteiger partial charge in [0.25, 0.3) is 0 Å². The van der Waals surface area contributed by atoms with E-state index >= 15 is 0 Å². The zero-order chi connectivity index (χ0) is 31.3. The molecule has 7 heterocycles. The van der Waals surface area contributed by atoms with Crippen molar-refractivity contribution in [3.8, 4) is 0 Å². The molecule has 4 saturated heterocycles.